The topological polar surface area (TPSA) is 67.3 Å². The van der Waals surface area contributed by atoms with Gasteiger partial charge >= 0.3 is 0 Å². The first-order valence-electron chi connectivity index (χ1n) is 11.1. The summed E-state index contributed by atoms with van der Waals surface area (Å²) in [6.07, 6.45) is 1.17. The smallest absolute Gasteiger partial charge is 0.194 e. The third kappa shape index (κ3) is 5.32. The van der Waals surface area contributed by atoms with Gasteiger partial charge in [0.25, 0.3) is 0 Å². The van der Waals surface area contributed by atoms with Crippen LogP contribution < -0.4 is 0 Å². The number of pyridine rings is 1. The fourth-order valence-electron chi connectivity index (χ4n) is 4.48. The van der Waals surface area contributed by atoms with Crippen molar-refractivity contribution >= 4 is 22.5 Å². The van der Waals surface area contributed by atoms with Crippen molar-refractivity contribution in [3.8, 4) is 22.4 Å². The number of fused-ring (bicyclic) bond motifs is 5. The molecule has 1 radical (unpaired) electrons. The van der Waals surface area contributed by atoms with Gasteiger partial charge in [-0.3, -0.25) is 14.6 Å². The molecule has 0 saturated carbocycles. The predicted molar refractivity (Wildman–Crippen MR) is 136 cm³/mol. The zero-order valence-corrected chi connectivity index (χ0v) is 22.7. The van der Waals surface area contributed by atoms with Crippen LogP contribution in [0.1, 0.15) is 46.5 Å². The van der Waals surface area contributed by atoms with Crippen LogP contribution in [-0.2, 0) is 24.9 Å². The Labute approximate surface area is 219 Å². The summed E-state index contributed by atoms with van der Waals surface area (Å²) in [6.45, 7) is 9.03. The number of allylic oxidation sites excluding steroid dienone is 2. The van der Waals surface area contributed by atoms with Crippen molar-refractivity contribution in [2.45, 2.75) is 34.6 Å². The number of aromatic nitrogens is 1. The van der Waals surface area contributed by atoms with Crippen molar-refractivity contribution in [2.75, 3.05) is 0 Å². The van der Waals surface area contributed by atoms with Gasteiger partial charge in [-0.05, 0) is 49.2 Å². The van der Waals surface area contributed by atoms with Crippen LogP contribution in [0.15, 0.2) is 66.4 Å². The number of carbonyl (C=O) groups is 2. The summed E-state index contributed by atoms with van der Waals surface area (Å²) in [5.74, 6) is 0.0364. The van der Waals surface area contributed by atoms with E-state index in [9.17, 15) is 9.59 Å². The predicted octanol–water partition coefficient (Wildman–Crippen LogP) is 6.87. The van der Waals surface area contributed by atoms with Crippen LogP contribution in [0.4, 0.5) is 0 Å². The van der Waals surface area contributed by atoms with E-state index in [2.05, 4.69) is 38.1 Å². The van der Waals surface area contributed by atoms with Crippen LogP contribution in [0, 0.1) is 26.8 Å². The molecule has 179 valence electrons. The Morgan fingerprint density at radius 1 is 0.943 bits per heavy atom. The van der Waals surface area contributed by atoms with E-state index in [0.717, 1.165) is 55.5 Å². The summed E-state index contributed by atoms with van der Waals surface area (Å²) < 4.78 is 0. The molecule has 5 rings (SSSR count). The average Bonchev–Trinajstić information content (AvgIpc) is 3.06. The third-order valence-electron chi connectivity index (χ3n) is 5.72. The minimum atomic E-state index is -0.125. The number of benzene rings is 3. The minimum absolute atomic E-state index is 0. The molecule has 35 heavy (non-hydrogen) atoms. The molecule has 3 aromatic carbocycles. The van der Waals surface area contributed by atoms with Crippen molar-refractivity contribution in [2.24, 2.45) is 0 Å². The molecule has 0 atom stereocenters. The van der Waals surface area contributed by atoms with E-state index in [-0.39, 0.29) is 37.4 Å². The second-order valence-corrected chi connectivity index (χ2v) is 8.73. The molecule has 4 aromatic rings. The van der Waals surface area contributed by atoms with Gasteiger partial charge in [0.1, 0.15) is 0 Å². The summed E-state index contributed by atoms with van der Waals surface area (Å²) in [5.41, 5.74) is 9.79. The molecule has 0 spiro atoms. The molecule has 5 heteroatoms. The first-order valence-corrected chi connectivity index (χ1v) is 11.1. The molecule has 0 aliphatic heterocycles. The Kier molecular flexibility index (Phi) is 7.84. The summed E-state index contributed by atoms with van der Waals surface area (Å²) in [6, 6.07) is 21.6. The zero-order valence-electron chi connectivity index (χ0n) is 20.3. The van der Waals surface area contributed by atoms with Crippen LogP contribution in [0.5, 0.6) is 0 Å². The first kappa shape index (κ1) is 26.2. The maximum atomic E-state index is 13.1. The van der Waals surface area contributed by atoms with Crippen molar-refractivity contribution in [1.82, 2.24) is 4.98 Å². The summed E-state index contributed by atoms with van der Waals surface area (Å²) in [4.78, 5) is 27.9. The Balaban J connectivity index is 0.000000378. The van der Waals surface area contributed by atoms with Gasteiger partial charge in [-0.15, -0.1) is 34.9 Å². The number of nitrogens with zero attached hydrogens (tertiary/aromatic N) is 1. The molecule has 0 fully saturated rings. The van der Waals surface area contributed by atoms with Gasteiger partial charge in [0.2, 0.25) is 0 Å². The Bertz CT molecular complexity index is 1480. The van der Waals surface area contributed by atoms with Crippen LogP contribution in [0.25, 0.3) is 33.3 Å². The zero-order chi connectivity index (χ0) is 24.6. The van der Waals surface area contributed by atoms with Crippen molar-refractivity contribution in [3.05, 3.63) is 100 Å². The van der Waals surface area contributed by atoms with Gasteiger partial charge in [-0.1, -0.05) is 50.2 Å². The van der Waals surface area contributed by atoms with E-state index in [4.69, 9.17) is 10.1 Å². The Hall–Kier alpha value is -3.40. The molecule has 1 heterocycles. The monoisotopic (exact) mass is 641 g/mol. The second-order valence-electron chi connectivity index (χ2n) is 8.73. The van der Waals surface area contributed by atoms with E-state index in [0.29, 0.717) is 0 Å². The van der Waals surface area contributed by atoms with Gasteiger partial charge < -0.3 is 5.11 Å². The molecule has 0 bridgehead atoms. The van der Waals surface area contributed by atoms with E-state index >= 15 is 0 Å². The average molecular weight is 641 g/mol. The fraction of sp³-hybridized carbons (Fsp3) is 0.167. The maximum absolute atomic E-state index is 13.1. The molecular formula is C30H26IrNO3-. The largest absolute Gasteiger partial charge is 0.512 e. The molecule has 1 N–H and O–H groups in total. The van der Waals surface area contributed by atoms with Gasteiger partial charge in [0.05, 0.1) is 11.3 Å². The molecule has 0 amide bonds. The van der Waals surface area contributed by atoms with Crippen LogP contribution >= 0.6 is 0 Å². The second kappa shape index (κ2) is 10.5. The standard InChI is InChI=1S/C25H18NO.C5H8O2.Ir/c1-14-11-15(2)13-17(12-14)21-9-7-18-22(26-21)10-8-19-23-16(3)5-4-6-20(23)25(27)24(18)19;1-4(6)3-5(2)7;/h4-12H,1-3H3;3,6H,1-2H3;/q-1;;/b;4-3-;. The van der Waals surface area contributed by atoms with Gasteiger partial charge in [-0.25, -0.2) is 0 Å². The Morgan fingerprint density at radius 2 is 1.69 bits per heavy atom. The first-order chi connectivity index (χ1) is 16.2. The summed E-state index contributed by atoms with van der Waals surface area (Å²) in [7, 11) is 0. The van der Waals surface area contributed by atoms with Gasteiger partial charge in [0, 0.05) is 42.7 Å². The summed E-state index contributed by atoms with van der Waals surface area (Å²) in [5, 5.41) is 9.28. The number of hydrogen-bond donors (Lipinski definition) is 1. The van der Waals surface area contributed by atoms with Crippen LogP contribution in [0.3, 0.4) is 0 Å². The van der Waals surface area contributed by atoms with Crippen molar-refractivity contribution in [3.63, 3.8) is 0 Å². The number of ketones is 2. The van der Waals surface area contributed by atoms with Gasteiger partial charge in [0.15, 0.2) is 11.6 Å². The van der Waals surface area contributed by atoms with Crippen LogP contribution in [0.2, 0.25) is 0 Å². The number of aliphatic hydroxyl groups excluding tert-OH is 1. The Morgan fingerprint density at radius 3 is 2.31 bits per heavy atom. The molecule has 4 nitrogen and oxygen atoms in total. The molecule has 0 saturated heterocycles. The SMILES string of the molecule is CC(=O)/C=C(/C)O.Cc1[c-]c(-c2ccc3c4c(ccc3n2)-c2c(C)cccc2C4=O)cc(C)c1.[Ir]. The summed E-state index contributed by atoms with van der Waals surface area (Å²) >= 11 is 0. The fourth-order valence-corrected chi connectivity index (χ4v) is 4.48. The quantitative estimate of drug-likeness (QED) is 0.130. The van der Waals surface area contributed by atoms with Gasteiger partial charge in [-0.2, -0.15) is 0 Å². The number of rotatable bonds is 2. The molecule has 1 aliphatic rings. The van der Waals surface area contributed by atoms with Crippen molar-refractivity contribution < 1.29 is 34.8 Å². The number of hydrogen-bond acceptors (Lipinski definition) is 4. The normalized spacial score (nSPS) is 11.8. The molecule has 1 aromatic heterocycles. The number of carbonyl (C=O) groups excluding carboxylic acids is 2. The number of aliphatic hydroxyl groups is 1. The van der Waals surface area contributed by atoms with E-state index in [1.54, 1.807) is 0 Å². The van der Waals surface area contributed by atoms with E-state index in [1.165, 1.54) is 25.5 Å². The third-order valence-corrected chi connectivity index (χ3v) is 5.72. The van der Waals surface area contributed by atoms with E-state index < -0.39 is 0 Å². The molecular weight excluding hydrogens is 615 g/mol. The molecule has 1 aliphatic carbocycles. The number of aryl methyl sites for hydroxylation is 3. The molecule has 0 unspecified atom stereocenters. The van der Waals surface area contributed by atoms with Crippen LogP contribution in [-0.4, -0.2) is 21.7 Å². The minimum Gasteiger partial charge on any atom is -0.512 e. The maximum Gasteiger partial charge on any atom is 0.194 e. The van der Waals surface area contributed by atoms with E-state index in [1.807, 2.05) is 43.3 Å². The van der Waals surface area contributed by atoms with Crippen molar-refractivity contribution in [1.29, 1.82) is 0 Å².